The minimum Gasteiger partial charge on any atom is -0.493 e. The molecule has 2 heterocycles. The number of carbonyl (C=O) groups is 1. The quantitative estimate of drug-likeness (QED) is 0.861. The monoisotopic (exact) mass is 344 g/mol. The van der Waals surface area contributed by atoms with Gasteiger partial charge in [-0.3, -0.25) is 4.79 Å². The number of aryl methyl sites for hydroxylation is 2. The van der Waals surface area contributed by atoms with Crippen LogP contribution in [0.3, 0.4) is 0 Å². The molecular weight excluding hydrogens is 320 g/mol. The van der Waals surface area contributed by atoms with E-state index in [0.29, 0.717) is 25.3 Å². The molecule has 7 heteroatoms. The molecule has 1 aromatic heterocycles. The fourth-order valence-corrected chi connectivity index (χ4v) is 3.10. The predicted molar refractivity (Wildman–Crippen MR) is 92.1 cm³/mol. The van der Waals surface area contributed by atoms with E-state index in [9.17, 15) is 9.90 Å². The zero-order chi connectivity index (χ0) is 17.9. The third-order valence-corrected chi connectivity index (χ3v) is 4.78. The molecule has 2 aromatic rings. The van der Waals surface area contributed by atoms with Crippen molar-refractivity contribution >= 4 is 5.91 Å². The number of aliphatic hydroxyl groups is 1. The Balaban J connectivity index is 1.53. The number of piperidine rings is 1. The molecule has 0 spiro atoms. The van der Waals surface area contributed by atoms with Gasteiger partial charge in [-0.1, -0.05) is 6.07 Å². The van der Waals surface area contributed by atoms with Crippen molar-refractivity contribution in [3.8, 4) is 5.75 Å². The van der Waals surface area contributed by atoms with E-state index < -0.39 is 5.60 Å². The number of H-pyrrole nitrogens is 1. The first-order valence-corrected chi connectivity index (χ1v) is 8.54. The number of nitrogens with zero attached hydrogens (tertiary/aromatic N) is 3. The summed E-state index contributed by atoms with van der Waals surface area (Å²) in [4.78, 5) is 14.1. The van der Waals surface area contributed by atoms with Gasteiger partial charge in [-0.2, -0.15) is 15.4 Å². The third-order valence-electron chi connectivity index (χ3n) is 4.78. The van der Waals surface area contributed by atoms with E-state index in [1.165, 1.54) is 11.8 Å². The second kappa shape index (κ2) is 7.23. The second-order valence-corrected chi connectivity index (χ2v) is 6.65. The van der Waals surface area contributed by atoms with E-state index >= 15 is 0 Å². The molecule has 1 aliphatic heterocycles. The lowest BCUT2D eigenvalue weighted by Gasteiger charge is -2.38. The highest BCUT2D eigenvalue weighted by Gasteiger charge is 2.38. The van der Waals surface area contributed by atoms with Gasteiger partial charge in [0.15, 0.2) is 0 Å². The average molecular weight is 344 g/mol. The molecule has 0 radical (unpaired) electrons. The normalized spacial score (nSPS) is 20.5. The van der Waals surface area contributed by atoms with Crippen LogP contribution in [0.1, 0.15) is 36.1 Å². The fourth-order valence-electron chi connectivity index (χ4n) is 3.10. The van der Waals surface area contributed by atoms with Crippen LogP contribution in [-0.4, -0.2) is 51.0 Å². The maximum atomic E-state index is 12.5. The number of ether oxygens (including phenoxy) is 1. The van der Waals surface area contributed by atoms with Gasteiger partial charge in [-0.15, -0.1) is 0 Å². The van der Waals surface area contributed by atoms with Crippen LogP contribution in [0.15, 0.2) is 24.4 Å². The van der Waals surface area contributed by atoms with E-state index in [1.54, 1.807) is 4.90 Å². The zero-order valence-corrected chi connectivity index (χ0v) is 14.7. The first kappa shape index (κ1) is 17.4. The Labute approximate surface area is 147 Å². The lowest BCUT2D eigenvalue weighted by atomic mass is 9.90. The topological polar surface area (TPSA) is 91.3 Å². The van der Waals surface area contributed by atoms with Crippen molar-refractivity contribution in [3.63, 3.8) is 0 Å². The molecule has 1 amide bonds. The largest absolute Gasteiger partial charge is 0.493 e. The second-order valence-electron chi connectivity index (χ2n) is 6.65. The minimum absolute atomic E-state index is 0.0227. The van der Waals surface area contributed by atoms with Crippen LogP contribution < -0.4 is 4.74 Å². The maximum absolute atomic E-state index is 12.5. The number of nitrogens with one attached hydrogen (secondary N) is 1. The van der Waals surface area contributed by atoms with Crippen molar-refractivity contribution in [1.82, 2.24) is 20.3 Å². The van der Waals surface area contributed by atoms with Crippen LogP contribution in [0.25, 0.3) is 0 Å². The molecule has 2 N–H and O–H groups in total. The number of carbonyl (C=O) groups excluding carboxylic acids is 1. The van der Waals surface area contributed by atoms with Crippen LogP contribution >= 0.6 is 0 Å². The van der Waals surface area contributed by atoms with Crippen molar-refractivity contribution < 1.29 is 14.6 Å². The Hall–Kier alpha value is -2.41. The first-order valence-electron chi connectivity index (χ1n) is 8.54. The van der Waals surface area contributed by atoms with Gasteiger partial charge in [0, 0.05) is 6.54 Å². The van der Waals surface area contributed by atoms with Crippen molar-refractivity contribution in [3.05, 3.63) is 41.2 Å². The number of benzene rings is 1. The molecule has 1 unspecified atom stereocenters. The molecular formula is C18H24N4O3. The van der Waals surface area contributed by atoms with E-state index in [4.69, 9.17) is 4.74 Å². The van der Waals surface area contributed by atoms with Gasteiger partial charge < -0.3 is 14.7 Å². The van der Waals surface area contributed by atoms with Crippen molar-refractivity contribution in [2.45, 2.75) is 38.7 Å². The molecule has 0 bridgehead atoms. The van der Waals surface area contributed by atoms with Gasteiger partial charge in [0.2, 0.25) is 5.91 Å². The summed E-state index contributed by atoms with van der Waals surface area (Å²) in [5.74, 6) is 0.749. The molecule has 0 saturated carbocycles. The van der Waals surface area contributed by atoms with Crippen LogP contribution in [0, 0.1) is 13.8 Å². The molecule has 0 aliphatic carbocycles. The van der Waals surface area contributed by atoms with Crippen LogP contribution in [0.4, 0.5) is 0 Å². The predicted octanol–water partition coefficient (Wildman–Crippen LogP) is 1.70. The van der Waals surface area contributed by atoms with Gasteiger partial charge in [-0.25, -0.2) is 0 Å². The summed E-state index contributed by atoms with van der Waals surface area (Å²) in [5, 5.41) is 21.0. The smallest absolute Gasteiger partial charge is 0.226 e. The summed E-state index contributed by atoms with van der Waals surface area (Å²) < 4.78 is 5.69. The molecule has 1 aromatic carbocycles. The van der Waals surface area contributed by atoms with Crippen molar-refractivity contribution in [2.75, 3.05) is 19.7 Å². The van der Waals surface area contributed by atoms with Crippen LogP contribution in [0.5, 0.6) is 5.75 Å². The molecule has 7 nitrogen and oxygen atoms in total. The first-order chi connectivity index (χ1) is 12.0. The third kappa shape index (κ3) is 3.99. The van der Waals surface area contributed by atoms with Gasteiger partial charge in [0.25, 0.3) is 0 Å². The van der Waals surface area contributed by atoms with Gasteiger partial charge in [0.05, 0.1) is 25.8 Å². The summed E-state index contributed by atoms with van der Waals surface area (Å²) >= 11 is 0. The number of aromatic amines is 1. The summed E-state index contributed by atoms with van der Waals surface area (Å²) in [5.41, 5.74) is 1.73. The highest BCUT2D eigenvalue weighted by Crippen LogP contribution is 2.30. The van der Waals surface area contributed by atoms with Gasteiger partial charge in [0.1, 0.15) is 17.0 Å². The molecule has 3 rings (SSSR count). The van der Waals surface area contributed by atoms with E-state index in [-0.39, 0.29) is 18.9 Å². The minimum atomic E-state index is -1.13. The number of β-amino-alcohol motifs (C(OH)–C–C–N with tert-alkyl or cyclic N) is 1. The maximum Gasteiger partial charge on any atom is 0.226 e. The highest BCUT2D eigenvalue weighted by molar-refractivity contribution is 5.76. The van der Waals surface area contributed by atoms with Gasteiger partial charge >= 0.3 is 0 Å². The fraction of sp³-hybridized carbons (Fsp3) is 0.500. The molecule has 1 atom stereocenters. The highest BCUT2D eigenvalue weighted by atomic mass is 16.5. The average Bonchev–Trinajstić information content (AvgIpc) is 3.13. The number of aromatic nitrogens is 3. The SMILES string of the molecule is Cc1ccc(OCCC(=O)N2CCCC(O)(c3cn[nH]n3)C2)cc1C. The summed E-state index contributed by atoms with van der Waals surface area (Å²) in [6.07, 6.45) is 3.09. The summed E-state index contributed by atoms with van der Waals surface area (Å²) in [6.45, 7) is 5.28. The van der Waals surface area contributed by atoms with Crippen molar-refractivity contribution in [2.24, 2.45) is 0 Å². The number of likely N-dealkylation sites (tertiary alicyclic amines) is 1. The molecule has 134 valence electrons. The Bertz CT molecular complexity index is 732. The van der Waals surface area contributed by atoms with E-state index in [2.05, 4.69) is 22.3 Å². The number of rotatable bonds is 5. The van der Waals surface area contributed by atoms with E-state index in [0.717, 1.165) is 17.7 Å². The van der Waals surface area contributed by atoms with E-state index in [1.807, 2.05) is 25.1 Å². The molecule has 1 aliphatic rings. The van der Waals surface area contributed by atoms with Crippen LogP contribution in [-0.2, 0) is 10.4 Å². The number of amides is 1. The molecule has 1 saturated heterocycles. The van der Waals surface area contributed by atoms with Crippen LogP contribution in [0.2, 0.25) is 0 Å². The Morgan fingerprint density at radius 2 is 2.24 bits per heavy atom. The summed E-state index contributed by atoms with van der Waals surface area (Å²) in [6, 6.07) is 5.90. The molecule has 25 heavy (non-hydrogen) atoms. The Morgan fingerprint density at radius 1 is 1.40 bits per heavy atom. The number of hydrogen-bond acceptors (Lipinski definition) is 5. The lowest BCUT2D eigenvalue weighted by molar-refractivity contribution is -0.139. The lowest BCUT2D eigenvalue weighted by Crippen LogP contribution is -2.49. The molecule has 1 fully saturated rings. The Morgan fingerprint density at radius 3 is 2.96 bits per heavy atom. The van der Waals surface area contributed by atoms with Gasteiger partial charge in [-0.05, 0) is 49.9 Å². The number of hydrogen-bond donors (Lipinski definition) is 2. The zero-order valence-electron chi connectivity index (χ0n) is 14.7. The van der Waals surface area contributed by atoms with Crippen molar-refractivity contribution in [1.29, 1.82) is 0 Å². The Kier molecular flexibility index (Phi) is 5.03. The summed E-state index contributed by atoms with van der Waals surface area (Å²) in [7, 11) is 0. The standard InChI is InChI=1S/C18H24N4O3/c1-13-4-5-15(10-14(13)2)25-9-6-17(23)22-8-3-7-18(24,12-22)16-11-19-21-20-16/h4-5,10-11,24H,3,6-9,12H2,1-2H3,(H,19,20,21).